The van der Waals surface area contributed by atoms with Gasteiger partial charge in [0.25, 0.3) is 0 Å². The Morgan fingerprint density at radius 3 is 1.82 bits per heavy atom. The highest BCUT2D eigenvalue weighted by molar-refractivity contribution is 7.25. The third kappa shape index (κ3) is 5.40. The third-order valence-corrected chi connectivity index (χ3v) is 12.0. The summed E-state index contributed by atoms with van der Waals surface area (Å²) in [6.45, 7) is 0. The highest BCUT2D eigenvalue weighted by Crippen LogP contribution is 2.46. The second kappa shape index (κ2) is 12.9. The van der Waals surface area contributed by atoms with Crippen molar-refractivity contribution in [1.29, 1.82) is 0 Å². The Morgan fingerprint density at radius 1 is 0.364 bits per heavy atom. The molecular weight excluding hydrogens is 687 g/mol. The van der Waals surface area contributed by atoms with Crippen LogP contribution in [0.2, 0.25) is 0 Å². The number of hydrogen-bond acceptors (Lipinski definition) is 3. The summed E-state index contributed by atoms with van der Waals surface area (Å²) in [7, 11) is 0. The van der Waals surface area contributed by atoms with Crippen molar-refractivity contribution in [3.8, 4) is 33.4 Å². The Balaban J connectivity index is 1.11. The number of para-hydroxylation sites is 3. The van der Waals surface area contributed by atoms with Gasteiger partial charge in [-0.2, -0.15) is 0 Å². The van der Waals surface area contributed by atoms with Crippen LogP contribution < -0.4 is 4.90 Å². The van der Waals surface area contributed by atoms with Gasteiger partial charge in [0, 0.05) is 53.4 Å². The normalized spacial score (nSPS) is 11.6. The first-order valence-corrected chi connectivity index (χ1v) is 19.5. The topological polar surface area (TPSA) is 16.4 Å². The Bertz CT molecular complexity index is 3240. The fourth-order valence-electron chi connectivity index (χ4n) is 8.21. The van der Waals surface area contributed by atoms with Crippen molar-refractivity contribution in [3.05, 3.63) is 200 Å². The lowest BCUT2D eigenvalue weighted by molar-refractivity contribution is 0.670. The third-order valence-electron chi connectivity index (χ3n) is 10.8. The molecule has 0 bridgehead atoms. The van der Waals surface area contributed by atoms with Crippen LogP contribution in [0.15, 0.2) is 205 Å². The van der Waals surface area contributed by atoms with Crippen LogP contribution in [-0.4, -0.2) is 0 Å². The number of rotatable bonds is 6. The highest BCUT2D eigenvalue weighted by Gasteiger charge is 2.21. The van der Waals surface area contributed by atoms with Gasteiger partial charge in [-0.25, -0.2) is 0 Å². The molecule has 0 saturated heterocycles. The largest absolute Gasteiger partial charge is 0.455 e. The zero-order valence-corrected chi connectivity index (χ0v) is 30.6. The Kier molecular flexibility index (Phi) is 7.39. The number of fused-ring (bicyclic) bond motifs is 7. The van der Waals surface area contributed by atoms with Gasteiger partial charge in [0.1, 0.15) is 11.2 Å². The lowest BCUT2D eigenvalue weighted by atomic mass is 9.97. The van der Waals surface area contributed by atoms with Crippen molar-refractivity contribution >= 4 is 81.3 Å². The fraction of sp³-hybridized carbons (Fsp3) is 0. The van der Waals surface area contributed by atoms with Crippen LogP contribution in [0.3, 0.4) is 0 Å². The molecule has 0 N–H and O–H groups in total. The maximum absolute atomic E-state index is 6.61. The molecule has 0 saturated carbocycles. The van der Waals surface area contributed by atoms with Crippen LogP contribution in [0.1, 0.15) is 0 Å². The Labute approximate surface area is 322 Å². The molecule has 0 amide bonds. The van der Waals surface area contributed by atoms with E-state index in [0.29, 0.717) is 0 Å². The molecule has 0 fully saturated rings. The zero-order valence-electron chi connectivity index (χ0n) is 29.8. The van der Waals surface area contributed by atoms with E-state index in [1.54, 1.807) is 0 Å². The van der Waals surface area contributed by atoms with Gasteiger partial charge in [0.05, 0.1) is 5.69 Å². The average Bonchev–Trinajstić information content (AvgIpc) is 3.82. The first-order valence-electron chi connectivity index (χ1n) is 18.7. The van der Waals surface area contributed by atoms with Crippen LogP contribution in [0.4, 0.5) is 17.1 Å². The number of furan rings is 1. The lowest BCUT2D eigenvalue weighted by Gasteiger charge is -2.29. The van der Waals surface area contributed by atoms with Gasteiger partial charge >= 0.3 is 0 Å². The van der Waals surface area contributed by atoms with Gasteiger partial charge in [-0.1, -0.05) is 140 Å². The molecule has 0 aliphatic heterocycles. The lowest BCUT2D eigenvalue weighted by Crippen LogP contribution is -2.11. The molecule has 2 heterocycles. The summed E-state index contributed by atoms with van der Waals surface area (Å²) in [4.78, 5) is 2.41. The monoisotopic (exact) mass is 719 g/mol. The molecule has 0 atom stereocenters. The molecule has 9 aromatic carbocycles. The van der Waals surface area contributed by atoms with E-state index in [1.165, 1.54) is 47.6 Å². The molecule has 11 aromatic rings. The predicted molar refractivity (Wildman–Crippen MR) is 235 cm³/mol. The van der Waals surface area contributed by atoms with Crippen molar-refractivity contribution in [3.63, 3.8) is 0 Å². The SMILES string of the molecule is c1cc(-c2ccc3ccccc3c2)cc(N(c2cccc(-c3ccc4sc5ccccc5c4c3)c2)c2ccccc2-c2cccc3c2oc2ccccc23)c1. The summed E-state index contributed by atoms with van der Waals surface area (Å²) < 4.78 is 9.24. The van der Waals surface area contributed by atoms with E-state index < -0.39 is 0 Å². The molecule has 0 aliphatic carbocycles. The Hall–Kier alpha value is -6.94. The minimum Gasteiger partial charge on any atom is -0.455 e. The molecule has 0 aliphatic rings. The molecule has 2 nitrogen and oxygen atoms in total. The number of thiophene rings is 1. The second-order valence-electron chi connectivity index (χ2n) is 14.1. The predicted octanol–water partition coefficient (Wildman–Crippen LogP) is 15.6. The number of anilines is 3. The van der Waals surface area contributed by atoms with E-state index in [4.69, 9.17) is 4.42 Å². The summed E-state index contributed by atoms with van der Waals surface area (Å²) in [6, 6.07) is 72.3. The molecule has 0 radical (unpaired) electrons. The maximum atomic E-state index is 6.61. The van der Waals surface area contributed by atoms with E-state index in [-0.39, 0.29) is 0 Å². The van der Waals surface area contributed by atoms with Gasteiger partial charge in [0.15, 0.2) is 0 Å². The van der Waals surface area contributed by atoms with Crippen molar-refractivity contribution in [2.75, 3.05) is 4.90 Å². The summed E-state index contributed by atoms with van der Waals surface area (Å²) in [5, 5.41) is 7.32. The summed E-state index contributed by atoms with van der Waals surface area (Å²) in [5.74, 6) is 0. The number of nitrogens with zero attached hydrogens (tertiary/aromatic N) is 1. The summed E-state index contributed by atoms with van der Waals surface area (Å²) in [5.41, 5.74) is 11.9. The summed E-state index contributed by atoms with van der Waals surface area (Å²) in [6.07, 6.45) is 0. The van der Waals surface area contributed by atoms with E-state index in [2.05, 4.69) is 199 Å². The van der Waals surface area contributed by atoms with Gasteiger partial charge in [-0.3, -0.25) is 0 Å². The molecule has 0 unspecified atom stereocenters. The summed E-state index contributed by atoms with van der Waals surface area (Å²) >= 11 is 1.85. The smallest absolute Gasteiger partial charge is 0.143 e. The molecular formula is C52H33NOS. The number of benzene rings is 9. The van der Waals surface area contributed by atoms with Crippen LogP contribution in [0.25, 0.3) is 86.3 Å². The quantitative estimate of drug-likeness (QED) is 0.170. The van der Waals surface area contributed by atoms with Crippen LogP contribution in [-0.2, 0) is 0 Å². The Morgan fingerprint density at radius 2 is 0.964 bits per heavy atom. The van der Waals surface area contributed by atoms with E-state index in [1.807, 2.05) is 17.4 Å². The van der Waals surface area contributed by atoms with E-state index >= 15 is 0 Å². The fourth-order valence-corrected chi connectivity index (χ4v) is 9.29. The van der Waals surface area contributed by atoms with Crippen molar-refractivity contribution in [1.82, 2.24) is 0 Å². The second-order valence-corrected chi connectivity index (χ2v) is 15.2. The molecule has 55 heavy (non-hydrogen) atoms. The first-order chi connectivity index (χ1) is 27.2. The van der Waals surface area contributed by atoms with Gasteiger partial charge in [-0.05, 0) is 93.7 Å². The van der Waals surface area contributed by atoms with Crippen molar-refractivity contribution < 1.29 is 4.42 Å². The molecule has 2 aromatic heterocycles. The van der Waals surface area contributed by atoms with E-state index in [9.17, 15) is 0 Å². The maximum Gasteiger partial charge on any atom is 0.143 e. The minimum absolute atomic E-state index is 0.894. The molecule has 0 spiro atoms. The van der Waals surface area contributed by atoms with Crippen LogP contribution in [0.5, 0.6) is 0 Å². The minimum atomic E-state index is 0.894. The van der Waals surface area contributed by atoms with Gasteiger partial charge in [0.2, 0.25) is 0 Å². The zero-order chi connectivity index (χ0) is 36.3. The van der Waals surface area contributed by atoms with Gasteiger partial charge < -0.3 is 9.32 Å². The number of hydrogen-bond donors (Lipinski definition) is 0. The van der Waals surface area contributed by atoms with Crippen LogP contribution >= 0.6 is 11.3 Å². The van der Waals surface area contributed by atoms with E-state index in [0.717, 1.165) is 55.7 Å². The van der Waals surface area contributed by atoms with Crippen molar-refractivity contribution in [2.24, 2.45) is 0 Å². The van der Waals surface area contributed by atoms with Gasteiger partial charge in [-0.15, -0.1) is 11.3 Å². The average molecular weight is 720 g/mol. The van der Waals surface area contributed by atoms with Crippen molar-refractivity contribution in [2.45, 2.75) is 0 Å². The molecule has 3 heteroatoms. The standard InChI is InChI=1S/C52H33NOS/c1-2-13-35-30-38(27-26-34(35)12-1)36-14-9-16-40(31-36)53(41-17-10-15-37(32-41)39-28-29-51-47(33-39)44-20-5-8-25-50(44)55-51)48-23-6-3-18-42(48)45-21-11-22-46-43-19-4-7-24-49(43)54-52(45)46/h1-33H. The molecule has 11 rings (SSSR count). The highest BCUT2D eigenvalue weighted by atomic mass is 32.1. The first kappa shape index (κ1) is 31.6. The molecule has 258 valence electrons. The van der Waals surface area contributed by atoms with Crippen LogP contribution in [0, 0.1) is 0 Å².